The molecular weight excluding hydrogens is 460 g/mol. The summed E-state index contributed by atoms with van der Waals surface area (Å²) in [5, 5.41) is 0.316. The second-order valence-electron chi connectivity index (χ2n) is 8.00. The average Bonchev–Trinajstić information content (AvgIpc) is 2.83. The number of benzene rings is 2. The summed E-state index contributed by atoms with van der Waals surface area (Å²) in [6, 6.07) is 12.0. The topological polar surface area (TPSA) is 143 Å². The Morgan fingerprint density at radius 2 is 1.85 bits per heavy atom. The predicted molar refractivity (Wildman–Crippen MR) is 125 cm³/mol. The maximum Gasteiger partial charge on any atom is 0.254 e. The quantitative estimate of drug-likeness (QED) is 0.533. The fourth-order valence-electron chi connectivity index (χ4n) is 3.88. The van der Waals surface area contributed by atoms with Gasteiger partial charge in [0.15, 0.2) is 0 Å². The first kappa shape index (κ1) is 23.6. The van der Waals surface area contributed by atoms with Crippen molar-refractivity contribution in [2.45, 2.75) is 11.4 Å². The zero-order valence-corrected chi connectivity index (χ0v) is 19.3. The highest BCUT2D eigenvalue weighted by Gasteiger charge is 2.27. The van der Waals surface area contributed by atoms with Gasteiger partial charge in [-0.3, -0.25) is 14.4 Å². The Bertz CT molecular complexity index is 1430. The van der Waals surface area contributed by atoms with Gasteiger partial charge in [0.1, 0.15) is 0 Å². The minimum absolute atomic E-state index is 0.0276. The molecule has 10 nitrogen and oxygen atoms in total. The number of hydrogen-bond acceptors (Lipinski definition) is 6. The summed E-state index contributed by atoms with van der Waals surface area (Å²) in [5.74, 6) is -1.05. The second-order valence-corrected chi connectivity index (χ2v) is 9.93. The third kappa shape index (κ3) is 4.72. The van der Waals surface area contributed by atoms with Gasteiger partial charge in [-0.2, -0.15) is 4.31 Å². The van der Waals surface area contributed by atoms with Crippen molar-refractivity contribution in [3.8, 4) is 0 Å². The number of carbonyl (C=O) groups is 2. The summed E-state index contributed by atoms with van der Waals surface area (Å²) in [6.45, 7) is 1.26. The van der Waals surface area contributed by atoms with Crippen LogP contribution in [0.25, 0.3) is 10.9 Å². The first-order chi connectivity index (χ1) is 16.2. The molecule has 1 fully saturated rings. The number of nitrogens with one attached hydrogen (secondary N) is 1. The van der Waals surface area contributed by atoms with E-state index in [0.717, 1.165) is 6.07 Å². The van der Waals surface area contributed by atoms with Crippen molar-refractivity contribution in [3.05, 3.63) is 75.6 Å². The highest BCUT2D eigenvalue weighted by Crippen LogP contribution is 2.24. The van der Waals surface area contributed by atoms with E-state index in [1.807, 2.05) is 0 Å². The van der Waals surface area contributed by atoms with Crippen molar-refractivity contribution in [1.29, 1.82) is 0 Å². The van der Waals surface area contributed by atoms with Crippen LogP contribution in [0.2, 0.25) is 0 Å². The molecule has 0 atom stereocenters. The summed E-state index contributed by atoms with van der Waals surface area (Å²) in [6.07, 6.45) is 0. The molecule has 1 saturated heterocycles. The van der Waals surface area contributed by atoms with Crippen molar-refractivity contribution < 1.29 is 22.7 Å². The van der Waals surface area contributed by atoms with Crippen LogP contribution >= 0.6 is 0 Å². The highest BCUT2D eigenvalue weighted by molar-refractivity contribution is 7.89. The first-order valence-corrected chi connectivity index (χ1v) is 12.0. The lowest BCUT2D eigenvalue weighted by Gasteiger charge is -2.26. The number of amides is 2. The van der Waals surface area contributed by atoms with E-state index >= 15 is 0 Å². The molecule has 0 spiro atoms. The Kier molecular flexibility index (Phi) is 6.51. The second kappa shape index (κ2) is 9.37. The number of nitrogens with zero attached hydrogens (tertiary/aromatic N) is 2. The minimum Gasteiger partial charge on any atom is -0.379 e. The molecule has 0 radical (unpaired) electrons. The van der Waals surface area contributed by atoms with Gasteiger partial charge in [-0.05, 0) is 35.9 Å². The van der Waals surface area contributed by atoms with Crippen molar-refractivity contribution in [1.82, 2.24) is 14.2 Å². The molecule has 1 aliphatic rings. The number of aromatic amines is 1. The Labute approximate surface area is 196 Å². The summed E-state index contributed by atoms with van der Waals surface area (Å²) < 4.78 is 32.8. The van der Waals surface area contributed by atoms with Crippen LogP contribution in [0.15, 0.2) is 58.2 Å². The van der Waals surface area contributed by atoms with Crippen LogP contribution in [-0.4, -0.2) is 67.8 Å². The number of carbonyl (C=O) groups excluding carboxylic acids is 2. The van der Waals surface area contributed by atoms with E-state index in [-0.39, 0.29) is 30.1 Å². The van der Waals surface area contributed by atoms with Crippen molar-refractivity contribution in [2.75, 3.05) is 33.4 Å². The molecule has 34 heavy (non-hydrogen) atoms. The van der Waals surface area contributed by atoms with Crippen LogP contribution in [0.1, 0.15) is 26.3 Å². The average molecular weight is 485 g/mol. The number of aromatic nitrogens is 1. The lowest BCUT2D eigenvalue weighted by Crippen LogP contribution is -2.40. The van der Waals surface area contributed by atoms with Gasteiger partial charge in [0, 0.05) is 49.2 Å². The zero-order valence-electron chi connectivity index (χ0n) is 18.5. The Balaban J connectivity index is 1.70. The highest BCUT2D eigenvalue weighted by atomic mass is 32.2. The molecule has 3 N–H and O–H groups in total. The SMILES string of the molecule is CN(Cc1cccc(C(N)=O)c1)C(=O)c1cc(=O)[nH]c2ccc(S(=O)(=O)N3CCOCC3)cc12. The molecule has 2 heterocycles. The zero-order chi connectivity index (χ0) is 24.5. The molecule has 0 saturated carbocycles. The smallest absolute Gasteiger partial charge is 0.254 e. The molecule has 0 bridgehead atoms. The molecule has 3 aromatic rings. The van der Waals surface area contributed by atoms with E-state index in [4.69, 9.17) is 10.5 Å². The molecule has 4 rings (SSSR count). The Morgan fingerprint density at radius 3 is 2.56 bits per heavy atom. The van der Waals surface area contributed by atoms with Crippen LogP contribution in [-0.2, 0) is 21.3 Å². The summed E-state index contributed by atoms with van der Waals surface area (Å²) in [7, 11) is -2.24. The van der Waals surface area contributed by atoms with Crippen LogP contribution < -0.4 is 11.3 Å². The number of primary amides is 1. The van der Waals surface area contributed by atoms with Crippen LogP contribution in [0.4, 0.5) is 0 Å². The molecule has 1 aromatic heterocycles. The van der Waals surface area contributed by atoms with Gasteiger partial charge in [-0.15, -0.1) is 0 Å². The maximum absolute atomic E-state index is 13.3. The van der Waals surface area contributed by atoms with Gasteiger partial charge in [-0.1, -0.05) is 12.1 Å². The standard InChI is InChI=1S/C23H24N4O6S/c1-26(14-15-3-2-4-16(11-15)22(24)29)23(30)19-13-21(28)25-20-6-5-17(12-18(19)20)34(31,32)27-7-9-33-10-8-27/h2-6,11-13H,7-10,14H2,1H3,(H2,24,29)(H,25,28). The van der Waals surface area contributed by atoms with Gasteiger partial charge < -0.3 is 20.4 Å². The fourth-order valence-corrected chi connectivity index (χ4v) is 5.32. The van der Waals surface area contributed by atoms with Gasteiger partial charge in [-0.25, -0.2) is 8.42 Å². The minimum atomic E-state index is -3.80. The third-order valence-corrected chi connectivity index (χ3v) is 7.53. The van der Waals surface area contributed by atoms with E-state index in [1.165, 1.54) is 27.4 Å². The molecule has 178 valence electrons. The Morgan fingerprint density at radius 1 is 1.12 bits per heavy atom. The number of ether oxygens (including phenoxy) is 1. The number of fused-ring (bicyclic) bond motifs is 1. The number of hydrogen-bond donors (Lipinski definition) is 2. The molecule has 2 amide bonds. The van der Waals surface area contributed by atoms with Crippen molar-refractivity contribution in [3.63, 3.8) is 0 Å². The van der Waals surface area contributed by atoms with Crippen molar-refractivity contribution in [2.24, 2.45) is 5.73 Å². The fraction of sp³-hybridized carbons (Fsp3) is 0.261. The number of pyridine rings is 1. The van der Waals surface area contributed by atoms with E-state index in [2.05, 4.69) is 4.98 Å². The Hall–Kier alpha value is -3.54. The predicted octanol–water partition coefficient (Wildman–Crippen LogP) is 0.920. The number of H-pyrrole nitrogens is 1. The summed E-state index contributed by atoms with van der Waals surface area (Å²) in [5.41, 5.74) is 6.27. The number of morpholine rings is 1. The lowest BCUT2D eigenvalue weighted by atomic mass is 10.1. The number of rotatable bonds is 6. The first-order valence-electron chi connectivity index (χ1n) is 10.6. The monoisotopic (exact) mass is 484 g/mol. The van der Waals surface area contributed by atoms with E-state index < -0.39 is 27.4 Å². The van der Waals surface area contributed by atoms with Crippen LogP contribution in [0, 0.1) is 0 Å². The number of sulfonamides is 1. The lowest BCUT2D eigenvalue weighted by molar-refractivity contribution is 0.0730. The maximum atomic E-state index is 13.3. The summed E-state index contributed by atoms with van der Waals surface area (Å²) >= 11 is 0. The molecule has 11 heteroatoms. The third-order valence-electron chi connectivity index (χ3n) is 5.63. The molecular formula is C23H24N4O6S. The van der Waals surface area contributed by atoms with Crippen LogP contribution in [0.5, 0.6) is 0 Å². The van der Waals surface area contributed by atoms with E-state index in [0.29, 0.717) is 35.2 Å². The van der Waals surface area contributed by atoms with Crippen LogP contribution in [0.3, 0.4) is 0 Å². The normalized spacial score (nSPS) is 14.7. The van der Waals surface area contributed by atoms with Gasteiger partial charge in [0.25, 0.3) is 5.91 Å². The van der Waals surface area contributed by atoms with Crippen molar-refractivity contribution >= 4 is 32.7 Å². The van der Waals surface area contributed by atoms with E-state index in [9.17, 15) is 22.8 Å². The summed E-state index contributed by atoms with van der Waals surface area (Å²) in [4.78, 5) is 41.0. The van der Waals surface area contributed by atoms with E-state index in [1.54, 1.807) is 31.3 Å². The molecule has 1 aliphatic heterocycles. The molecule has 2 aromatic carbocycles. The molecule has 0 aliphatic carbocycles. The largest absolute Gasteiger partial charge is 0.379 e. The van der Waals surface area contributed by atoms with Gasteiger partial charge >= 0.3 is 0 Å². The number of nitrogens with two attached hydrogens (primary N) is 1. The van der Waals surface area contributed by atoms with Gasteiger partial charge in [0.2, 0.25) is 21.5 Å². The molecule has 0 unspecified atom stereocenters. The van der Waals surface area contributed by atoms with Gasteiger partial charge in [0.05, 0.1) is 23.7 Å².